The molecule has 5 amide bonds. The van der Waals surface area contributed by atoms with Gasteiger partial charge in [0.2, 0.25) is 21.8 Å². The van der Waals surface area contributed by atoms with Gasteiger partial charge in [-0.25, -0.2) is 18.0 Å². The molecule has 6 bridgehead atoms. The van der Waals surface area contributed by atoms with E-state index in [1.807, 2.05) is 30.4 Å². The van der Waals surface area contributed by atoms with E-state index in [0.717, 1.165) is 16.7 Å². The average molecular weight is 726 g/mol. The van der Waals surface area contributed by atoms with Crippen LogP contribution in [0.1, 0.15) is 76.0 Å². The summed E-state index contributed by atoms with van der Waals surface area (Å²) in [5.41, 5.74) is 0.801. The summed E-state index contributed by atoms with van der Waals surface area (Å²) in [5, 5.41) is 4.77. The minimum absolute atomic E-state index is 0.0825. The number of hydrogen-bond acceptors (Lipinski definition) is 9. The highest BCUT2D eigenvalue weighted by Crippen LogP contribution is 2.45. The van der Waals surface area contributed by atoms with Crippen molar-refractivity contribution < 1.29 is 41.9 Å². The van der Waals surface area contributed by atoms with Crippen LogP contribution in [0, 0.1) is 11.3 Å². The van der Waals surface area contributed by atoms with Gasteiger partial charge in [0.05, 0.1) is 18.4 Å². The Balaban J connectivity index is 1.27. The zero-order valence-corrected chi connectivity index (χ0v) is 30.1. The molecule has 6 aliphatic rings. The van der Waals surface area contributed by atoms with Crippen molar-refractivity contribution in [2.45, 2.75) is 101 Å². The third-order valence-electron chi connectivity index (χ3n) is 10.3. The van der Waals surface area contributed by atoms with E-state index in [9.17, 15) is 32.4 Å². The Morgan fingerprint density at radius 1 is 1.16 bits per heavy atom. The second kappa shape index (κ2) is 14.0. The van der Waals surface area contributed by atoms with Crippen LogP contribution >= 0.6 is 0 Å². The zero-order chi connectivity index (χ0) is 36.7. The number of amides is 5. The zero-order valence-electron chi connectivity index (χ0n) is 29.3. The highest BCUT2D eigenvalue weighted by atomic mass is 32.2. The highest BCUT2D eigenvalue weighted by molar-refractivity contribution is 7.91. The molecular weight excluding hydrogens is 678 g/mol. The van der Waals surface area contributed by atoms with Gasteiger partial charge in [0, 0.05) is 25.4 Å². The third-order valence-corrected chi connectivity index (χ3v) is 12.2. The topological polar surface area (TPSA) is 181 Å². The normalized spacial score (nSPS) is 29.3. The predicted octanol–water partition coefficient (Wildman–Crippen LogP) is 2.77. The lowest BCUT2D eigenvalue weighted by Gasteiger charge is -2.35. The minimum Gasteiger partial charge on any atom is -0.450 e. The Morgan fingerprint density at radius 2 is 1.92 bits per heavy atom. The van der Waals surface area contributed by atoms with Crippen molar-refractivity contribution in [2.75, 3.05) is 19.7 Å². The summed E-state index contributed by atoms with van der Waals surface area (Å²) in [7, 11) is -3.91. The Kier molecular flexibility index (Phi) is 9.96. The smallest absolute Gasteiger partial charge is 0.410 e. The molecule has 2 aliphatic carbocycles. The number of hydrogen-bond donors (Lipinski definition) is 3. The van der Waals surface area contributed by atoms with Crippen molar-refractivity contribution in [1.82, 2.24) is 25.2 Å². The van der Waals surface area contributed by atoms with Gasteiger partial charge in [0.25, 0.3) is 5.91 Å². The first-order chi connectivity index (χ1) is 24.1. The van der Waals surface area contributed by atoms with E-state index in [0.29, 0.717) is 45.2 Å². The van der Waals surface area contributed by atoms with Crippen LogP contribution in [0.3, 0.4) is 0 Å². The van der Waals surface area contributed by atoms with E-state index in [1.54, 1.807) is 25.7 Å². The number of ether oxygens (including phenoxy) is 2. The first-order valence-corrected chi connectivity index (χ1v) is 19.1. The molecule has 1 aromatic carbocycles. The average Bonchev–Trinajstić information content (AvgIpc) is 4.00. The summed E-state index contributed by atoms with van der Waals surface area (Å²) in [5.74, 6) is -2.72. The highest BCUT2D eigenvalue weighted by Gasteiger charge is 2.62. The fourth-order valence-corrected chi connectivity index (χ4v) is 8.48. The molecule has 15 heteroatoms. The molecule has 1 saturated heterocycles. The lowest BCUT2D eigenvalue weighted by Crippen LogP contribution is -2.60. The van der Waals surface area contributed by atoms with Gasteiger partial charge in [-0.15, -0.1) is 6.58 Å². The number of carbonyl (C=O) groups excluding carboxylic acids is 5. The van der Waals surface area contributed by atoms with E-state index >= 15 is 0 Å². The van der Waals surface area contributed by atoms with Crippen molar-refractivity contribution in [2.24, 2.45) is 11.3 Å². The maximum atomic E-state index is 14.3. The maximum absolute atomic E-state index is 14.3. The van der Waals surface area contributed by atoms with Crippen molar-refractivity contribution in [3.05, 3.63) is 53.6 Å². The van der Waals surface area contributed by atoms with Gasteiger partial charge in [-0.1, -0.05) is 57.2 Å². The van der Waals surface area contributed by atoms with Gasteiger partial charge in [-0.2, -0.15) is 0 Å². The molecule has 14 nitrogen and oxygen atoms in total. The Bertz CT molecular complexity index is 1750. The summed E-state index contributed by atoms with van der Waals surface area (Å²) < 4.78 is 38.8. The molecule has 51 heavy (non-hydrogen) atoms. The van der Waals surface area contributed by atoms with Gasteiger partial charge in [0.1, 0.15) is 23.7 Å². The van der Waals surface area contributed by atoms with Crippen LogP contribution in [0.2, 0.25) is 0 Å². The molecule has 0 spiro atoms. The number of rotatable bonds is 6. The summed E-state index contributed by atoms with van der Waals surface area (Å²) in [4.78, 5) is 71.3. The van der Waals surface area contributed by atoms with Crippen LogP contribution in [-0.4, -0.2) is 96.8 Å². The fourth-order valence-electron chi connectivity index (χ4n) is 7.11. The van der Waals surface area contributed by atoms with Crippen LogP contribution in [0.15, 0.2) is 36.9 Å². The molecule has 2 saturated carbocycles. The largest absolute Gasteiger partial charge is 0.450 e. The summed E-state index contributed by atoms with van der Waals surface area (Å²) in [6.45, 7) is 9.78. The second-order valence-corrected chi connectivity index (χ2v) is 17.2. The number of allylic oxidation sites excluding steroid dienone is 1. The quantitative estimate of drug-likeness (QED) is 0.372. The van der Waals surface area contributed by atoms with Gasteiger partial charge < -0.3 is 29.9 Å². The third kappa shape index (κ3) is 7.77. The van der Waals surface area contributed by atoms with Gasteiger partial charge >= 0.3 is 12.2 Å². The number of alkyl carbamates (subject to hydrolysis) is 1. The molecule has 0 unspecified atom stereocenters. The summed E-state index contributed by atoms with van der Waals surface area (Å²) in [6, 6.07) is 3.60. The number of nitrogens with zero attached hydrogens (tertiary/aromatic N) is 2. The summed E-state index contributed by atoms with van der Waals surface area (Å²) >= 11 is 0. The molecule has 1 aromatic rings. The van der Waals surface area contributed by atoms with Crippen molar-refractivity contribution in [1.29, 1.82) is 0 Å². The summed E-state index contributed by atoms with van der Waals surface area (Å²) in [6.07, 6.45) is 6.05. The Hall–Kier alpha value is -4.40. The van der Waals surface area contributed by atoms with Crippen LogP contribution in [-0.2, 0) is 46.8 Å². The Labute approximate surface area is 298 Å². The molecule has 3 N–H and O–H groups in total. The SMILES string of the molecule is C=C[C@@H]1C[C@]1(NC(=O)[C@@H]1C[C@@H]2CN1C(=O)[C@H](C(C)(C)C)NC(=O)OCCC/C=C/c1cccc3c1CCN(C3)C(=O)O2)C(=O)NS(=O)(=O)C1CC1. The number of benzene rings is 1. The van der Waals surface area contributed by atoms with Crippen LogP contribution in [0.5, 0.6) is 0 Å². The first kappa shape index (κ1) is 36.4. The van der Waals surface area contributed by atoms with Gasteiger partial charge in [0.15, 0.2) is 0 Å². The predicted molar refractivity (Wildman–Crippen MR) is 186 cm³/mol. The molecule has 0 aromatic heterocycles. The molecule has 4 heterocycles. The number of carbonyl (C=O) groups is 5. The van der Waals surface area contributed by atoms with E-state index in [1.165, 1.54) is 11.0 Å². The van der Waals surface area contributed by atoms with E-state index in [-0.39, 0.29) is 26.0 Å². The second-order valence-electron chi connectivity index (χ2n) is 15.2. The number of fused-ring (bicyclic) bond motifs is 10. The van der Waals surface area contributed by atoms with E-state index in [2.05, 4.69) is 21.9 Å². The lowest BCUT2D eigenvalue weighted by atomic mass is 9.85. The van der Waals surface area contributed by atoms with Crippen molar-refractivity contribution in [3.63, 3.8) is 0 Å². The minimum atomic E-state index is -3.91. The van der Waals surface area contributed by atoms with Crippen molar-refractivity contribution >= 4 is 46.0 Å². The molecule has 4 aliphatic heterocycles. The standard InChI is InChI=1S/C36H47N5O9S/c1-5-24-19-36(24,32(44)39-51(47,48)26-13-14-26)38-30(42)28-18-25-21-41(28)31(43)29(35(2,3)4)37-33(45)49-17-8-6-7-10-22-11-9-12-23-20-40(34(46)50-25)16-15-27(22)23/h5,7,9-12,24-26,28-29H,1,6,8,13-21H2,2-4H3,(H,37,45)(H,38,42)(H,39,44)/b10-7+/t24-,25-,28+,29-,36-/m1/s1. The molecule has 276 valence electrons. The van der Waals surface area contributed by atoms with Crippen molar-refractivity contribution in [3.8, 4) is 0 Å². The number of nitrogens with one attached hydrogen (secondary N) is 3. The molecule has 0 radical (unpaired) electrons. The van der Waals surface area contributed by atoms with E-state index < -0.39 is 80.2 Å². The Morgan fingerprint density at radius 3 is 2.61 bits per heavy atom. The van der Waals surface area contributed by atoms with Crippen LogP contribution < -0.4 is 15.4 Å². The van der Waals surface area contributed by atoms with Crippen LogP contribution in [0.25, 0.3) is 6.08 Å². The number of sulfonamides is 1. The van der Waals surface area contributed by atoms with Gasteiger partial charge in [-0.3, -0.25) is 19.1 Å². The fraction of sp³-hybridized carbons (Fsp3) is 0.583. The maximum Gasteiger partial charge on any atom is 0.410 e. The molecule has 3 fully saturated rings. The van der Waals surface area contributed by atoms with Crippen LogP contribution in [0.4, 0.5) is 9.59 Å². The molecule has 7 rings (SSSR count). The molecular formula is C36H47N5O9S. The monoisotopic (exact) mass is 725 g/mol. The molecule has 5 atom stereocenters. The first-order valence-electron chi connectivity index (χ1n) is 17.6. The lowest BCUT2D eigenvalue weighted by molar-refractivity contribution is -0.142. The van der Waals surface area contributed by atoms with E-state index in [4.69, 9.17) is 9.47 Å². The van der Waals surface area contributed by atoms with Gasteiger partial charge in [-0.05, 0) is 60.6 Å².